The van der Waals surface area contributed by atoms with Crippen molar-refractivity contribution < 1.29 is 47.7 Å². The molecule has 1 aliphatic heterocycles. The SMILES string of the molecule is CCOC(=O)COc1cccc(N2CCO[C@H]([C@@H](OC(C)=O)C(=O)Nc3ccc(CNC(=O)OC(C)(C)C)cc3)C2=O)c1. The Kier molecular flexibility index (Phi) is 11.5. The van der Waals surface area contributed by atoms with Crippen LogP contribution in [0.15, 0.2) is 48.5 Å². The van der Waals surface area contributed by atoms with Crippen molar-refractivity contribution in [2.75, 3.05) is 36.6 Å². The van der Waals surface area contributed by atoms with Gasteiger partial charge in [-0.1, -0.05) is 18.2 Å². The first-order valence-corrected chi connectivity index (χ1v) is 13.7. The number of esters is 2. The fraction of sp³-hybridized carbons (Fsp3) is 0.433. The van der Waals surface area contributed by atoms with Gasteiger partial charge in [-0.2, -0.15) is 0 Å². The molecule has 232 valence electrons. The van der Waals surface area contributed by atoms with Crippen LogP contribution in [-0.4, -0.2) is 74.0 Å². The molecule has 1 fully saturated rings. The van der Waals surface area contributed by atoms with Crippen LogP contribution in [0.3, 0.4) is 0 Å². The van der Waals surface area contributed by atoms with E-state index in [9.17, 15) is 24.0 Å². The summed E-state index contributed by atoms with van der Waals surface area (Å²) in [7, 11) is 0. The van der Waals surface area contributed by atoms with E-state index in [2.05, 4.69) is 10.6 Å². The van der Waals surface area contributed by atoms with Crippen molar-refractivity contribution in [1.82, 2.24) is 5.32 Å². The van der Waals surface area contributed by atoms with Gasteiger partial charge in [-0.25, -0.2) is 9.59 Å². The van der Waals surface area contributed by atoms with E-state index in [1.165, 1.54) is 4.90 Å². The van der Waals surface area contributed by atoms with Gasteiger partial charge in [0, 0.05) is 37.5 Å². The predicted octanol–water partition coefficient (Wildman–Crippen LogP) is 2.96. The second kappa shape index (κ2) is 15.0. The molecule has 0 spiro atoms. The molecule has 0 bridgehead atoms. The van der Waals surface area contributed by atoms with Gasteiger partial charge < -0.3 is 39.2 Å². The maximum absolute atomic E-state index is 13.5. The van der Waals surface area contributed by atoms with Gasteiger partial charge in [-0.3, -0.25) is 14.4 Å². The van der Waals surface area contributed by atoms with Gasteiger partial charge in [0.2, 0.25) is 6.10 Å². The summed E-state index contributed by atoms with van der Waals surface area (Å²) in [5.74, 6) is -2.33. The first-order chi connectivity index (χ1) is 20.4. The highest BCUT2D eigenvalue weighted by molar-refractivity contribution is 6.04. The van der Waals surface area contributed by atoms with Gasteiger partial charge in [0.15, 0.2) is 12.7 Å². The van der Waals surface area contributed by atoms with Crippen molar-refractivity contribution in [3.05, 3.63) is 54.1 Å². The van der Waals surface area contributed by atoms with E-state index in [0.29, 0.717) is 17.1 Å². The third kappa shape index (κ3) is 10.3. The van der Waals surface area contributed by atoms with E-state index in [-0.39, 0.29) is 32.9 Å². The average Bonchev–Trinajstić information content (AvgIpc) is 2.94. The van der Waals surface area contributed by atoms with Crippen molar-refractivity contribution in [3.63, 3.8) is 0 Å². The van der Waals surface area contributed by atoms with Gasteiger partial charge in [0.1, 0.15) is 11.4 Å². The summed E-state index contributed by atoms with van der Waals surface area (Å²) in [6.07, 6.45) is -3.56. The number of carbonyl (C=O) groups is 5. The van der Waals surface area contributed by atoms with Crippen LogP contribution in [-0.2, 0) is 44.7 Å². The van der Waals surface area contributed by atoms with Crippen molar-refractivity contribution in [2.45, 2.75) is 59.0 Å². The molecule has 0 aromatic heterocycles. The van der Waals surface area contributed by atoms with Crippen LogP contribution in [0, 0.1) is 0 Å². The summed E-state index contributed by atoms with van der Waals surface area (Å²) in [5, 5.41) is 5.30. The summed E-state index contributed by atoms with van der Waals surface area (Å²) >= 11 is 0. The average molecular weight is 600 g/mol. The van der Waals surface area contributed by atoms with Crippen LogP contribution in [0.25, 0.3) is 0 Å². The third-order valence-corrected chi connectivity index (χ3v) is 5.80. The van der Waals surface area contributed by atoms with E-state index >= 15 is 0 Å². The standard InChI is InChI=1S/C30H37N3O10/c1-6-39-24(35)18-41-23-9-7-8-22(16-23)33-14-15-40-26(28(33)37)25(42-19(2)34)27(36)32-21-12-10-20(11-13-21)17-31-29(38)43-30(3,4)5/h7-13,16,25-26H,6,14-15,17-18H2,1-5H3,(H,31,38)(H,32,36)/t25-,26-/m1/s1. The number of alkyl carbamates (subject to hydrolysis) is 1. The molecule has 1 heterocycles. The van der Waals surface area contributed by atoms with Crippen molar-refractivity contribution in [1.29, 1.82) is 0 Å². The lowest BCUT2D eigenvalue weighted by Crippen LogP contribution is -2.56. The molecular formula is C30H37N3O10. The molecule has 0 aliphatic carbocycles. The minimum absolute atomic E-state index is 0.0642. The van der Waals surface area contributed by atoms with E-state index in [4.69, 9.17) is 23.7 Å². The number of carbonyl (C=O) groups excluding carboxylic acids is 5. The maximum atomic E-state index is 13.5. The summed E-state index contributed by atoms with van der Waals surface area (Å²) in [4.78, 5) is 63.6. The minimum Gasteiger partial charge on any atom is -0.482 e. The highest BCUT2D eigenvalue weighted by Gasteiger charge is 2.42. The zero-order valence-corrected chi connectivity index (χ0v) is 24.8. The Morgan fingerprint density at radius 3 is 2.47 bits per heavy atom. The molecule has 43 heavy (non-hydrogen) atoms. The zero-order chi connectivity index (χ0) is 31.6. The lowest BCUT2D eigenvalue weighted by molar-refractivity contribution is -0.167. The largest absolute Gasteiger partial charge is 0.482 e. The van der Waals surface area contributed by atoms with Crippen molar-refractivity contribution >= 4 is 41.2 Å². The van der Waals surface area contributed by atoms with Gasteiger partial charge in [0.25, 0.3) is 11.8 Å². The predicted molar refractivity (Wildman–Crippen MR) is 154 cm³/mol. The van der Waals surface area contributed by atoms with E-state index in [1.807, 2.05) is 0 Å². The molecule has 13 heteroatoms. The Bertz CT molecular complexity index is 1310. The Morgan fingerprint density at radius 1 is 1.09 bits per heavy atom. The molecule has 3 rings (SSSR count). The molecule has 2 aromatic carbocycles. The molecule has 2 aromatic rings. The number of nitrogens with one attached hydrogen (secondary N) is 2. The highest BCUT2D eigenvalue weighted by atomic mass is 16.6. The number of amides is 3. The molecule has 3 amide bonds. The number of ether oxygens (including phenoxy) is 5. The summed E-state index contributed by atoms with van der Waals surface area (Å²) in [5.41, 5.74) is 0.934. The molecule has 0 unspecified atom stereocenters. The maximum Gasteiger partial charge on any atom is 0.407 e. The van der Waals surface area contributed by atoms with E-state index < -0.39 is 47.7 Å². The number of morpholine rings is 1. The fourth-order valence-corrected chi connectivity index (χ4v) is 4.00. The first kappa shape index (κ1) is 32.9. The van der Waals surface area contributed by atoms with Gasteiger partial charge in [0.05, 0.1) is 13.2 Å². The molecule has 13 nitrogen and oxygen atoms in total. The monoisotopic (exact) mass is 599 g/mol. The van der Waals surface area contributed by atoms with Crippen LogP contribution in [0.4, 0.5) is 16.2 Å². The number of hydrogen-bond donors (Lipinski definition) is 2. The highest BCUT2D eigenvalue weighted by Crippen LogP contribution is 2.26. The molecule has 0 radical (unpaired) electrons. The molecule has 2 N–H and O–H groups in total. The topological polar surface area (TPSA) is 159 Å². The van der Waals surface area contributed by atoms with Gasteiger partial charge in [-0.05, 0) is 57.5 Å². The van der Waals surface area contributed by atoms with Crippen LogP contribution in [0.1, 0.15) is 40.2 Å². The van der Waals surface area contributed by atoms with Crippen molar-refractivity contribution in [3.8, 4) is 5.75 Å². The summed E-state index contributed by atoms with van der Waals surface area (Å²) < 4.78 is 26.4. The fourth-order valence-electron chi connectivity index (χ4n) is 4.00. The Hall–Kier alpha value is -4.65. The Balaban J connectivity index is 1.67. The minimum atomic E-state index is -1.58. The number of anilines is 2. The van der Waals surface area contributed by atoms with Crippen LogP contribution in [0.2, 0.25) is 0 Å². The van der Waals surface area contributed by atoms with Crippen molar-refractivity contribution in [2.24, 2.45) is 0 Å². The van der Waals surface area contributed by atoms with E-state index in [0.717, 1.165) is 12.5 Å². The Morgan fingerprint density at radius 2 is 1.81 bits per heavy atom. The molecule has 1 saturated heterocycles. The lowest BCUT2D eigenvalue weighted by atomic mass is 10.1. The molecular weight excluding hydrogens is 562 g/mol. The Labute approximate surface area is 249 Å². The van der Waals surface area contributed by atoms with Crippen LogP contribution in [0.5, 0.6) is 5.75 Å². The van der Waals surface area contributed by atoms with Gasteiger partial charge in [-0.15, -0.1) is 0 Å². The lowest BCUT2D eigenvalue weighted by Gasteiger charge is -2.35. The van der Waals surface area contributed by atoms with Crippen LogP contribution >= 0.6 is 0 Å². The number of nitrogens with zero attached hydrogens (tertiary/aromatic N) is 1. The van der Waals surface area contributed by atoms with Gasteiger partial charge >= 0.3 is 18.0 Å². The zero-order valence-electron chi connectivity index (χ0n) is 24.8. The number of rotatable bonds is 11. The summed E-state index contributed by atoms with van der Waals surface area (Å²) in [6.45, 7) is 8.47. The quantitative estimate of drug-likeness (QED) is 0.290. The van der Waals surface area contributed by atoms with E-state index in [1.54, 1.807) is 76.2 Å². The smallest absolute Gasteiger partial charge is 0.407 e. The number of hydrogen-bond acceptors (Lipinski definition) is 10. The molecule has 0 saturated carbocycles. The summed E-state index contributed by atoms with van der Waals surface area (Å²) in [6, 6.07) is 13.1. The first-order valence-electron chi connectivity index (χ1n) is 13.7. The second-order valence-electron chi connectivity index (χ2n) is 10.4. The normalized spacial score (nSPS) is 15.6. The molecule has 2 atom stereocenters. The number of benzene rings is 2. The molecule has 1 aliphatic rings. The second-order valence-corrected chi connectivity index (χ2v) is 10.4. The van der Waals surface area contributed by atoms with Crippen LogP contribution < -0.4 is 20.3 Å². The third-order valence-electron chi connectivity index (χ3n) is 5.80.